The highest BCUT2D eigenvalue weighted by atomic mass is 35.5. The molecule has 0 saturated carbocycles. The van der Waals surface area contributed by atoms with E-state index in [0.717, 1.165) is 31.5 Å². The first-order valence-corrected chi connectivity index (χ1v) is 8.85. The normalized spacial score (nSPS) is 20.7. The second-order valence-corrected chi connectivity index (χ2v) is 7.82. The fourth-order valence-electron chi connectivity index (χ4n) is 2.60. The molecule has 0 aliphatic carbocycles. The number of piperidine rings is 1. The molecule has 118 valence electrons. The molecule has 1 aliphatic rings. The number of sulfonamides is 1. The van der Waals surface area contributed by atoms with Gasteiger partial charge in [-0.05, 0) is 44.5 Å². The quantitative estimate of drug-likeness (QED) is 0.904. The van der Waals surface area contributed by atoms with Gasteiger partial charge in [0.2, 0.25) is 10.0 Å². The monoisotopic (exact) mass is 354 g/mol. The van der Waals surface area contributed by atoms with Crippen LogP contribution in [0.4, 0.5) is 4.39 Å². The molecule has 2 rings (SSSR count). The molecule has 0 amide bonds. The molecule has 1 aromatic carbocycles. The van der Waals surface area contributed by atoms with Crippen LogP contribution in [-0.4, -0.2) is 39.4 Å². The number of rotatable bonds is 4. The highest BCUT2D eigenvalue weighted by Gasteiger charge is 2.33. The van der Waals surface area contributed by atoms with Crippen LogP contribution in [0, 0.1) is 11.7 Å². The van der Waals surface area contributed by atoms with Gasteiger partial charge in [0.15, 0.2) is 0 Å². The Labute approximate surface area is 134 Å². The summed E-state index contributed by atoms with van der Waals surface area (Å²) in [4.78, 5) is -0.211. The summed E-state index contributed by atoms with van der Waals surface area (Å²) in [6, 6.07) is 1.94. The van der Waals surface area contributed by atoms with Crippen molar-refractivity contribution in [1.82, 2.24) is 9.62 Å². The molecule has 1 saturated heterocycles. The number of hydrogen-bond donors (Lipinski definition) is 1. The summed E-state index contributed by atoms with van der Waals surface area (Å²) in [5.74, 6) is -0.410. The Bertz CT molecular complexity index is 600. The van der Waals surface area contributed by atoms with Crippen molar-refractivity contribution in [3.63, 3.8) is 0 Å². The Balaban J connectivity index is 2.34. The highest BCUT2D eigenvalue weighted by molar-refractivity contribution is 7.89. The molecule has 1 aliphatic heterocycles. The minimum Gasteiger partial charge on any atom is -0.319 e. The number of nitrogens with one attached hydrogen (secondary N) is 1. The van der Waals surface area contributed by atoms with E-state index in [2.05, 4.69) is 5.32 Å². The van der Waals surface area contributed by atoms with Crippen LogP contribution in [0.2, 0.25) is 10.0 Å². The molecule has 0 radical (unpaired) electrons. The smallest absolute Gasteiger partial charge is 0.246 e. The summed E-state index contributed by atoms with van der Waals surface area (Å²) in [6.45, 7) is 1.58. The van der Waals surface area contributed by atoms with Crippen LogP contribution in [0.15, 0.2) is 17.0 Å². The van der Waals surface area contributed by atoms with Crippen LogP contribution in [-0.2, 0) is 10.0 Å². The Morgan fingerprint density at radius 1 is 1.38 bits per heavy atom. The Hall–Kier alpha value is -0.400. The largest absolute Gasteiger partial charge is 0.319 e. The van der Waals surface area contributed by atoms with E-state index in [1.54, 1.807) is 0 Å². The third-order valence-corrected chi connectivity index (χ3v) is 6.32. The van der Waals surface area contributed by atoms with Crippen molar-refractivity contribution in [2.24, 2.45) is 5.92 Å². The maximum absolute atomic E-state index is 13.2. The van der Waals surface area contributed by atoms with Gasteiger partial charge in [0.05, 0.1) is 10.0 Å². The Morgan fingerprint density at radius 3 is 2.57 bits per heavy atom. The summed E-state index contributed by atoms with van der Waals surface area (Å²) in [5.41, 5.74) is 0. The van der Waals surface area contributed by atoms with Crippen molar-refractivity contribution in [3.05, 3.63) is 28.0 Å². The maximum atomic E-state index is 13.2. The van der Waals surface area contributed by atoms with Crippen LogP contribution >= 0.6 is 23.2 Å². The molecule has 1 aromatic rings. The van der Waals surface area contributed by atoms with E-state index in [-0.39, 0.29) is 20.9 Å². The van der Waals surface area contributed by atoms with Crippen molar-refractivity contribution in [1.29, 1.82) is 0 Å². The summed E-state index contributed by atoms with van der Waals surface area (Å²) < 4.78 is 40.0. The molecule has 0 spiro atoms. The number of halogens is 3. The molecule has 8 heteroatoms. The van der Waals surface area contributed by atoms with Gasteiger partial charge in [-0.1, -0.05) is 23.2 Å². The van der Waals surface area contributed by atoms with Crippen LogP contribution in [0.1, 0.15) is 12.8 Å². The topological polar surface area (TPSA) is 49.4 Å². The fourth-order valence-corrected chi connectivity index (χ4v) is 5.30. The van der Waals surface area contributed by atoms with Crippen molar-refractivity contribution in [2.75, 3.05) is 26.7 Å². The van der Waals surface area contributed by atoms with E-state index in [1.807, 2.05) is 7.05 Å². The first-order valence-electron chi connectivity index (χ1n) is 6.65. The van der Waals surface area contributed by atoms with Crippen molar-refractivity contribution in [3.8, 4) is 0 Å². The van der Waals surface area contributed by atoms with Gasteiger partial charge in [-0.25, -0.2) is 12.8 Å². The van der Waals surface area contributed by atoms with E-state index in [1.165, 1.54) is 4.31 Å². The average Bonchev–Trinajstić information content (AvgIpc) is 2.37. The second-order valence-electron chi connectivity index (χ2n) is 5.13. The fraction of sp³-hybridized carbons (Fsp3) is 0.538. The Morgan fingerprint density at radius 2 is 2.00 bits per heavy atom. The third kappa shape index (κ3) is 3.68. The lowest BCUT2D eigenvalue weighted by molar-refractivity contribution is 0.263. The number of hydrogen-bond acceptors (Lipinski definition) is 3. The zero-order valence-electron chi connectivity index (χ0n) is 11.6. The standard InChI is InChI=1S/C13H17Cl2FN2O2S/c1-17-7-9-3-2-4-18(8-9)21(19,20)13-11(14)5-10(16)6-12(13)15/h5-6,9,17H,2-4,7-8H2,1H3. The highest BCUT2D eigenvalue weighted by Crippen LogP contribution is 2.34. The molecule has 0 aromatic heterocycles. The molecule has 1 fully saturated rings. The lowest BCUT2D eigenvalue weighted by Gasteiger charge is -2.32. The molecule has 0 bridgehead atoms. The van der Waals surface area contributed by atoms with Gasteiger partial charge in [-0.15, -0.1) is 0 Å². The van der Waals surface area contributed by atoms with Crippen molar-refractivity contribution >= 4 is 33.2 Å². The third-order valence-electron chi connectivity index (χ3n) is 3.54. The zero-order valence-corrected chi connectivity index (χ0v) is 13.9. The van der Waals surface area contributed by atoms with Crippen LogP contribution in [0.5, 0.6) is 0 Å². The van der Waals surface area contributed by atoms with E-state index >= 15 is 0 Å². The predicted molar refractivity (Wildman–Crippen MR) is 81.8 cm³/mol. The van der Waals surface area contributed by atoms with E-state index in [0.29, 0.717) is 13.1 Å². The SMILES string of the molecule is CNCC1CCCN(S(=O)(=O)c2c(Cl)cc(F)cc2Cl)C1. The van der Waals surface area contributed by atoms with Gasteiger partial charge < -0.3 is 5.32 Å². The summed E-state index contributed by atoms with van der Waals surface area (Å²) in [6.07, 6.45) is 1.75. The molecule has 21 heavy (non-hydrogen) atoms. The summed E-state index contributed by atoms with van der Waals surface area (Å²) in [7, 11) is -1.98. The molecule has 1 atom stereocenters. The average molecular weight is 355 g/mol. The molecular formula is C13H17Cl2FN2O2S. The predicted octanol–water partition coefficient (Wildman–Crippen LogP) is 2.75. The lowest BCUT2D eigenvalue weighted by atomic mass is 10.00. The van der Waals surface area contributed by atoms with Crippen LogP contribution in [0.3, 0.4) is 0 Å². The van der Waals surface area contributed by atoms with Gasteiger partial charge in [0.1, 0.15) is 10.7 Å². The minimum atomic E-state index is -3.82. The van der Waals surface area contributed by atoms with E-state index in [4.69, 9.17) is 23.2 Å². The Kier molecular flexibility index (Phi) is 5.48. The van der Waals surface area contributed by atoms with Crippen LogP contribution in [0.25, 0.3) is 0 Å². The molecular weight excluding hydrogens is 338 g/mol. The van der Waals surface area contributed by atoms with E-state index < -0.39 is 15.8 Å². The molecule has 1 heterocycles. The number of nitrogens with zero attached hydrogens (tertiary/aromatic N) is 1. The van der Waals surface area contributed by atoms with Crippen molar-refractivity contribution in [2.45, 2.75) is 17.7 Å². The zero-order chi connectivity index (χ0) is 15.6. The van der Waals surface area contributed by atoms with Crippen molar-refractivity contribution < 1.29 is 12.8 Å². The summed E-state index contributed by atoms with van der Waals surface area (Å²) >= 11 is 11.8. The van der Waals surface area contributed by atoms with Gasteiger partial charge in [-0.3, -0.25) is 0 Å². The second kappa shape index (κ2) is 6.79. The van der Waals surface area contributed by atoms with Crippen LogP contribution < -0.4 is 5.32 Å². The molecule has 1 N–H and O–H groups in total. The van der Waals surface area contributed by atoms with Gasteiger partial charge >= 0.3 is 0 Å². The number of benzene rings is 1. The molecule has 1 unspecified atom stereocenters. The maximum Gasteiger partial charge on any atom is 0.246 e. The van der Waals surface area contributed by atoms with Gasteiger partial charge in [0, 0.05) is 13.1 Å². The lowest BCUT2D eigenvalue weighted by Crippen LogP contribution is -2.42. The molecule has 4 nitrogen and oxygen atoms in total. The van der Waals surface area contributed by atoms with E-state index in [9.17, 15) is 12.8 Å². The van der Waals surface area contributed by atoms with Gasteiger partial charge in [0.25, 0.3) is 0 Å². The van der Waals surface area contributed by atoms with Gasteiger partial charge in [-0.2, -0.15) is 4.31 Å². The summed E-state index contributed by atoms with van der Waals surface area (Å²) in [5, 5.41) is 2.69. The first-order chi connectivity index (χ1) is 9.86. The first kappa shape index (κ1) is 17.0. The minimum absolute atomic E-state index is 0.185.